The number of furan rings is 1. The largest absolute Gasteiger partial charge is 0.497 e. The summed E-state index contributed by atoms with van der Waals surface area (Å²) in [5, 5.41) is -0.0612. The van der Waals surface area contributed by atoms with Gasteiger partial charge in [-0.15, -0.1) is 0 Å². The zero-order valence-electron chi connectivity index (χ0n) is 18.4. The van der Waals surface area contributed by atoms with Crippen LogP contribution >= 0.6 is 0 Å². The monoisotopic (exact) mass is 461 g/mol. The number of hydrogen-bond donors (Lipinski definition) is 0. The van der Waals surface area contributed by atoms with Gasteiger partial charge in [0, 0.05) is 20.2 Å². The fourth-order valence-electron chi connectivity index (χ4n) is 3.31. The van der Waals surface area contributed by atoms with Crippen LogP contribution in [0.4, 0.5) is 0 Å². The average Bonchev–Trinajstić information content (AvgIpc) is 3.46. The third-order valence-electron chi connectivity index (χ3n) is 4.94. The lowest BCUT2D eigenvalue weighted by atomic mass is 10.2. The van der Waals surface area contributed by atoms with Crippen molar-refractivity contribution in [1.29, 1.82) is 0 Å². The highest BCUT2D eigenvalue weighted by molar-refractivity contribution is 7.90. The lowest BCUT2D eigenvalue weighted by Gasteiger charge is -2.21. The van der Waals surface area contributed by atoms with Crippen molar-refractivity contribution in [3.63, 3.8) is 0 Å². The molecule has 0 N–H and O–H groups in total. The van der Waals surface area contributed by atoms with Gasteiger partial charge in [0.25, 0.3) is 5.91 Å². The van der Waals surface area contributed by atoms with Crippen LogP contribution in [-0.2, 0) is 33.4 Å². The molecular formula is C22H27N3O6S. The van der Waals surface area contributed by atoms with E-state index in [1.165, 1.54) is 19.6 Å². The molecule has 2 heterocycles. The van der Waals surface area contributed by atoms with Crippen LogP contribution in [0.3, 0.4) is 0 Å². The molecular weight excluding hydrogens is 434 g/mol. The molecule has 2 aromatic heterocycles. The van der Waals surface area contributed by atoms with Gasteiger partial charge in [-0.2, -0.15) is 0 Å². The van der Waals surface area contributed by atoms with Crippen molar-refractivity contribution < 1.29 is 27.1 Å². The SMILES string of the molecule is CCN(Cc1cnc(S(=O)(=O)Cc2cccc(OC)c2)n1CCOC)C(=O)c1ccco1. The third kappa shape index (κ3) is 5.38. The molecule has 3 rings (SSSR count). The van der Waals surface area contributed by atoms with Gasteiger partial charge in [-0.25, -0.2) is 13.4 Å². The quantitative estimate of drug-likeness (QED) is 0.432. The maximum absolute atomic E-state index is 13.2. The predicted octanol–water partition coefficient (Wildman–Crippen LogP) is 2.77. The molecule has 0 bridgehead atoms. The Kier molecular flexibility index (Phi) is 7.70. The molecule has 1 aromatic carbocycles. The van der Waals surface area contributed by atoms with Gasteiger partial charge in [-0.3, -0.25) is 4.79 Å². The van der Waals surface area contributed by atoms with E-state index in [4.69, 9.17) is 13.9 Å². The van der Waals surface area contributed by atoms with Crippen molar-refractivity contribution in [2.75, 3.05) is 27.4 Å². The second kappa shape index (κ2) is 10.5. The van der Waals surface area contributed by atoms with Gasteiger partial charge in [0.1, 0.15) is 5.75 Å². The summed E-state index contributed by atoms with van der Waals surface area (Å²) in [4.78, 5) is 18.5. The van der Waals surface area contributed by atoms with E-state index in [1.807, 2.05) is 6.92 Å². The summed E-state index contributed by atoms with van der Waals surface area (Å²) in [5.41, 5.74) is 1.18. The van der Waals surface area contributed by atoms with Crippen molar-refractivity contribution in [3.8, 4) is 5.75 Å². The molecule has 0 atom stereocenters. The van der Waals surface area contributed by atoms with E-state index < -0.39 is 9.84 Å². The van der Waals surface area contributed by atoms with Gasteiger partial charge in [0.05, 0.1) is 44.2 Å². The minimum Gasteiger partial charge on any atom is -0.497 e. The van der Waals surface area contributed by atoms with E-state index in [0.29, 0.717) is 30.2 Å². The fourth-order valence-corrected chi connectivity index (χ4v) is 4.82. The second-order valence-electron chi connectivity index (χ2n) is 7.08. The summed E-state index contributed by atoms with van der Waals surface area (Å²) in [5.74, 6) is 0.297. The first kappa shape index (κ1) is 23.6. The maximum atomic E-state index is 13.2. The standard InChI is InChI=1S/C22H27N3O6S/c1-4-24(21(26)20-9-6-11-31-20)15-18-14-23-22(25(18)10-12-29-2)32(27,28)16-17-7-5-8-19(13-17)30-3/h5-9,11,13-14H,4,10,12,15-16H2,1-3H3. The number of sulfone groups is 1. The molecule has 0 fully saturated rings. The Morgan fingerprint density at radius 2 is 2.03 bits per heavy atom. The van der Waals surface area contributed by atoms with E-state index in [1.54, 1.807) is 53.0 Å². The van der Waals surface area contributed by atoms with Crippen molar-refractivity contribution in [2.24, 2.45) is 0 Å². The number of benzene rings is 1. The number of imidazole rings is 1. The number of ether oxygens (including phenoxy) is 2. The van der Waals surface area contributed by atoms with Crippen LogP contribution in [0.5, 0.6) is 5.75 Å². The Labute approximate surface area is 187 Å². The van der Waals surface area contributed by atoms with Gasteiger partial charge in [0.15, 0.2) is 5.76 Å². The Balaban J connectivity index is 1.90. The first-order valence-electron chi connectivity index (χ1n) is 10.1. The van der Waals surface area contributed by atoms with Gasteiger partial charge in [-0.1, -0.05) is 12.1 Å². The number of rotatable bonds is 11. The Bertz CT molecular complexity index is 1140. The molecule has 3 aromatic rings. The van der Waals surface area contributed by atoms with Crippen LogP contribution in [0.25, 0.3) is 0 Å². The summed E-state index contributed by atoms with van der Waals surface area (Å²) < 4.78 is 43.6. The topological polar surface area (TPSA) is 104 Å². The number of amides is 1. The molecule has 0 aliphatic carbocycles. The van der Waals surface area contributed by atoms with Crippen LogP contribution in [0, 0.1) is 0 Å². The van der Waals surface area contributed by atoms with Crippen molar-refractivity contribution in [3.05, 3.63) is 65.9 Å². The number of aromatic nitrogens is 2. The first-order chi connectivity index (χ1) is 15.4. The van der Waals surface area contributed by atoms with Gasteiger partial charge in [0.2, 0.25) is 15.0 Å². The Morgan fingerprint density at radius 3 is 2.69 bits per heavy atom. The molecule has 0 aliphatic heterocycles. The minimum absolute atomic E-state index is 0.0612. The highest BCUT2D eigenvalue weighted by Gasteiger charge is 2.26. The highest BCUT2D eigenvalue weighted by atomic mass is 32.2. The Morgan fingerprint density at radius 1 is 1.22 bits per heavy atom. The highest BCUT2D eigenvalue weighted by Crippen LogP contribution is 2.21. The molecule has 9 nitrogen and oxygen atoms in total. The smallest absolute Gasteiger partial charge is 0.289 e. The van der Waals surface area contributed by atoms with Crippen molar-refractivity contribution >= 4 is 15.7 Å². The summed E-state index contributed by atoms with van der Waals surface area (Å²) in [6, 6.07) is 10.1. The van der Waals surface area contributed by atoms with Crippen LogP contribution in [0.1, 0.15) is 28.7 Å². The molecule has 0 saturated heterocycles. The lowest BCUT2D eigenvalue weighted by Crippen LogP contribution is -2.31. The van der Waals surface area contributed by atoms with E-state index in [9.17, 15) is 13.2 Å². The van der Waals surface area contributed by atoms with E-state index in [-0.39, 0.29) is 35.7 Å². The zero-order valence-corrected chi connectivity index (χ0v) is 19.2. The van der Waals surface area contributed by atoms with Gasteiger partial charge < -0.3 is 23.4 Å². The fraction of sp³-hybridized carbons (Fsp3) is 0.364. The summed E-state index contributed by atoms with van der Waals surface area (Å²) in [6.45, 7) is 3.02. The lowest BCUT2D eigenvalue weighted by molar-refractivity contribution is 0.0715. The van der Waals surface area contributed by atoms with Gasteiger partial charge >= 0.3 is 0 Å². The molecule has 0 aliphatic rings. The number of hydrogen-bond acceptors (Lipinski definition) is 7. The predicted molar refractivity (Wildman–Crippen MR) is 117 cm³/mol. The molecule has 172 valence electrons. The molecule has 1 amide bonds. The van der Waals surface area contributed by atoms with E-state index in [0.717, 1.165) is 0 Å². The van der Waals surface area contributed by atoms with Crippen LogP contribution < -0.4 is 4.74 Å². The molecule has 0 radical (unpaired) electrons. The summed E-state index contributed by atoms with van der Waals surface area (Å²) >= 11 is 0. The second-order valence-corrected chi connectivity index (χ2v) is 8.97. The third-order valence-corrected chi connectivity index (χ3v) is 6.54. The first-order valence-corrected chi connectivity index (χ1v) is 11.8. The molecule has 0 spiro atoms. The molecule has 32 heavy (non-hydrogen) atoms. The van der Waals surface area contributed by atoms with Gasteiger partial charge in [-0.05, 0) is 36.8 Å². The molecule has 10 heteroatoms. The summed E-state index contributed by atoms with van der Waals surface area (Å²) in [7, 11) is -0.696. The molecule has 0 unspecified atom stereocenters. The van der Waals surface area contributed by atoms with Crippen LogP contribution in [-0.4, -0.2) is 56.1 Å². The number of methoxy groups -OCH3 is 2. The van der Waals surface area contributed by atoms with E-state index >= 15 is 0 Å². The number of nitrogens with zero attached hydrogens (tertiary/aromatic N) is 3. The average molecular weight is 462 g/mol. The number of carbonyl (C=O) groups is 1. The summed E-state index contributed by atoms with van der Waals surface area (Å²) in [6.07, 6.45) is 2.93. The van der Waals surface area contributed by atoms with E-state index in [2.05, 4.69) is 4.98 Å². The van der Waals surface area contributed by atoms with Crippen molar-refractivity contribution in [2.45, 2.75) is 30.9 Å². The maximum Gasteiger partial charge on any atom is 0.289 e. The normalized spacial score (nSPS) is 11.5. The van der Waals surface area contributed by atoms with Crippen LogP contribution in [0.2, 0.25) is 0 Å². The minimum atomic E-state index is -3.77. The van der Waals surface area contributed by atoms with Crippen molar-refractivity contribution in [1.82, 2.24) is 14.5 Å². The number of carbonyl (C=O) groups excluding carboxylic acids is 1. The molecule has 0 saturated carbocycles. The van der Waals surface area contributed by atoms with Crippen LogP contribution in [0.15, 0.2) is 58.4 Å². The Hall–Kier alpha value is -3.11. The zero-order chi connectivity index (χ0) is 23.1.